The fraction of sp³-hybridized carbons (Fsp3) is 0.118. The molecule has 2 aromatic heterocycles. The van der Waals surface area contributed by atoms with Crippen LogP contribution in [-0.2, 0) is 22.7 Å². The molecule has 0 aliphatic rings. The number of carbonyl (C=O) groups is 1. The smallest absolute Gasteiger partial charge is 0.328 e. The molecule has 0 aliphatic carbocycles. The van der Waals surface area contributed by atoms with Crippen LogP contribution in [0.1, 0.15) is 5.56 Å². The van der Waals surface area contributed by atoms with Crippen molar-refractivity contribution in [2.75, 3.05) is 0 Å². The molecular formula is C17H14N2O3S. The van der Waals surface area contributed by atoms with Crippen LogP contribution in [0.5, 0.6) is 0 Å². The molecule has 0 saturated carbocycles. The van der Waals surface area contributed by atoms with Crippen molar-refractivity contribution < 1.29 is 9.53 Å². The lowest BCUT2D eigenvalue weighted by Gasteiger charge is -2.07. The fourth-order valence-electron chi connectivity index (χ4n) is 2.02. The highest BCUT2D eigenvalue weighted by atomic mass is 32.1. The lowest BCUT2D eigenvalue weighted by Crippen LogP contribution is -2.27. The molecule has 0 spiro atoms. The lowest BCUT2D eigenvalue weighted by molar-refractivity contribution is -0.146. The topological polar surface area (TPSA) is 61.2 Å². The number of esters is 1. The van der Waals surface area contributed by atoms with Crippen molar-refractivity contribution in [1.82, 2.24) is 9.78 Å². The summed E-state index contributed by atoms with van der Waals surface area (Å²) < 4.78 is 6.31. The molecule has 3 rings (SSSR count). The van der Waals surface area contributed by atoms with Gasteiger partial charge in [-0.05, 0) is 23.1 Å². The molecule has 0 atom stereocenters. The van der Waals surface area contributed by atoms with Crippen LogP contribution in [0.25, 0.3) is 10.6 Å². The van der Waals surface area contributed by atoms with Crippen LogP contribution >= 0.6 is 11.3 Å². The molecule has 116 valence electrons. The van der Waals surface area contributed by atoms with Crippen LogP contribution < -0.4 is 5.56 Å². The normalized spacial score (nSPS) is 10.4. The van der Waals surface area contributed by atoms with Gasteiger partial charge in [-0.25, -0.2) is 4.68 Å². The standard InChI is InChI=1S/C17H14N2O3S/c20-16-9-8-14(15-7-4-10-23-15)18-19(16)11-17(21)22-12-13-5-2-1-3-6-13/h1-10H,11-12H2. The van der Waals surface area contributed by atoms with Crippen LogP contribution in [0.15, 0.2) is 64.8 Å². The zero-order valence-corrected chi connectivity index (χ0v) is 13.0. The molecule has 1 aromatic carbocycles. The highest BCUT2D eigenvalue weighted by Crippen LogP contribution is 2.21. The van der Waals surface area contributed by atoms with Crippen LogP contribution in [0.3, 0.4) is 0 Å². The summed E-state index contributed by atoms with van der Waals surface area (Å²) in [5, 5.41) is 6.15. The Morgan fingerprint density at radius 1 is 1.09 bits per heavy atom. The van der Waals surface area contributed by atoms with E-state index in [1.807, 2.05) is 47.8 Å². The predicted octanol–water partition coefficient (Wildman–Crippen LogP) is 2.72. The first-order valence-corrected chi connectivity index (χ1v) is 7.92. The van der Waals surface area contributed by atoms with Crippen molar-refractivity contribution in [1.29, 1.82) is 0 Å². The van der Waals surface area contributed by atoms with Gasteiger partial charge in [-0.1, -0.05) is 36.4 Å². The minimum Gasteiger partial charge on any atom is -0.459 e. The number of benzene rings is 1. The maximum atomic E-state index is 11.9. The third-order valence-electron chi connectivity index (χ3n) is 3.16. The molecule has 3 aromatic rings. The quantitative estimate of drug-likeness (QED) is 0.676. The molecule has 0 N–H and O–H groups in total. The van der Waals surface area contributed by atoms with Crippen LogP contribution in [0.2, 0.25) is 0 Å². The Kier molecular flexibility index (Phi) is 4.63. The highest BCUT2D eigenvalue weighted by molar-refractivity contribution is 7.13. The average molecular weight is 326 g/mol. The first-order chi connectivity index (χ1) is 11.2. The van der Waals surface area contributed by atoms with E-state index in [-0.39, 0.29) is 18.7 Å². The van der Waals surface area contributed by atoms with Crippen molar-refractivity contribution in [2.24, 2.45) is 0 Å². The van der Waals surface area contributed by atoms with Crippen LogP contribution in [-0.4, -0.2) is 15.7 Å². The summed E-state index contributed by atoms with van der Waals surface area (Å²) in [6.45, 7) is -0.0239. The number of aromatic nitrogens is 2. The molecule has 0 aliphatic heterocycles. The second-order valence-corrected chi connectivity index (χ2v) is 5.79. The molecule has 5 nitrogen and oxygen atoms in total. The van der Waals surface area contributed by atoms with Gasteiger partial charge in [-0.15, -0.1) is 11.3 Å². The Bertz CT molecular complexity index is 842. The summed E-state index contributed by atoms with van der Waals surface area (Å²) in [6.07, 6.45) is 0. The number of nitrogens with zero attached hydrogens (tertiary/aromatic N) is 2. The van der Waals surface area contributed by atoms with Crippen molar-refractivity contribution >= 4 is 17.3 Å². The molecular weight excluding hydrogens is 312 g/mol. The van der Waals surface area contributed by atoms with E-state index in [1.54, 1.807) is 6.07 Å². The van der Waals surface area contributed by atoms with E-state index < -0.39 is 5.97 Å². The maximum Gasteiger partial charge on any atom is 0.328 e. The minimum atomic E-state index is -0.494. The first kappa shape index (κ1) is 15.2. The predicted molar refractivity (Wildman–Crippen MR) is 88.0 cm³/mol. The molecule has 0 saturated heterocycles. The molecule has 2 heterocycles. The monoisotopic (exact) mass is 326 g/mol. The van der Waals surface area contributed by atoms with Crippen LogP contribution in [0.4, 0.5) is 0 Å². The Morgan fingerprint density at radius 2 is 1.91 bits per heavy atom. The minimum absolute atomic E-state index is 0.180. The number of ether oxygens (including phenoxy) is 1. The van der Waals surface area contributed by atoms with E-state index >= 15 is 0 Å². The van der Waals surface area contributed by atoms with Gasteiger partial charge in [-0.2, -0.15) is 5.10 Å². The second kappa shape index (κ2) is 7.02. The van der Waals surface area contributed by atoms with Crippen molar-refractivity contribution in [3.8, 4) is 10.6 Å². The van der Waals surface area contributed by atoms with Gasteiger partial charge in [0, 0.05) is 6.07 Å². The highest BCUT2D eigenvalue weighted by Gasteiger charge is 2.09. The van der Waals surface area contributed by atoms with Gasteiger partial charge >= 0.3 is 5.97 Å². The number of hydrogen-bond donors (Lipinski definition) is 0. The van der Waals surface area contributed by atoms with E-state index in [4.69, 9.17) is 4.74 Å². The Hall–Kier alpha value is -2.73. The van der Waals surface area contributed by atoms with Gasteiger partial charge in [0.25, 0.3) is 5.56 Å². The van der Waals surface area contributed by atoms with Gasteiger partial charge in [-0.3, -0.25) is 9.59 Å². The fourth-order valence-corrected chi connectivity index (χ4v) is 2.71. The third-order valence-corrected chi connectivity index (χ3v) is 4.05. The largest absolute Gasteiger partial charge is 0.459 e. The summed E-state index contributed by atoms with van der Waals surface area (Å²) in [6, 6.07) is 16.3. The van der Waals surface area contributed by atoms with Gasteiger partial charge in [0.15, 0.2) is 0 Å². The summed E-state index contributed by atoms with van der Waals surface area (Å²) in [4.78, 5) is 24.7. The molecule has 23 heavy (non-hydrogen) atoms. The molecule has 6 heteroatoms. The second-order valence-electron chi connectivity index (χ2n) is 4.84. The molecule has 0 radical (unpaired) electrons. The Labute approximate surface area is 136 Å². The molecule has 0 fully saturated rings. The zero-order valence-electron chi connectivity index (χ0n) is 12.2. The van der Waals surface area contributed by atoms with E-state index in [0.29, 0.717) is 5.69 Å². The zero-order chi connectivity index (χ0) is 16.1. The van der Waals surface area contributed by atoms with Crippen LogP contribution in [0, 0.1) is 0 Å². The molecule has 0 amide bonds. The van der Waals surface area contributed by atoms with E-state index in [1.165, 1.54) is 17.4 Å². The molecule has 0 unspecified atom stereocenters. The van der Waals surface area contributed by atoms with Gasteiger partial charge in [0.05, 0.1) is 4.88 Å². The van der Waals surface area contributed by atoms with Gasteiger partial charge in [0.1, 0.15) is 18.8 Å². The Balaban J connectivity index is 1.68. The van der Waals surface area contributed by atoms with Gasteiger partial charge < -0.3 is 4.74 Å². The number of carbonyl (C=O) groups excluding carboxylic acids is 1. The number of thiophene rings is 1. The molecule has 0 bridgehead atoms. The van der Waals surface area contributed by atoms with E-state index in [0.717, 1.165) is 15.1 Å². The first-order valence-electron chi connectivity index (χ1n) is 7.04. The summed E-state index contributed by atoms with van der Waals surface area (Å²) >= 11 is 1.52. The van der Waals surface area contributed by atoms with Crippen molar-refractivity contribution in [2.45, 2.75) is 13.2 Å². The maximum absolute atomic E-state index is 11.9. The van der Waals surface area contributed by atoms with E-state index in [2.05, 4.69) is 5.10 Å². The SMILES string of the molecule is O=C(Cn1nc(-c2cccs2)ccc1=O)OCc1ccccc1. The van der Waals surface area contributed by atoms with Crippen molar-refractivity contribution in [3.05, 3.63) is 75.9 Å². The summed E-state index contributed by atoms with van der Waals surface area (Å²) in [5.41, 5.74) is 1.23. The number of rotatable bonds is 5. The number of hydrogen-bond acceptors (Lipinski definition) is 5. The lowest BCUT2D eigenvalue weighted by atomic mass is 10.2. The average Bonchev–Trinajstić information content (AvgIpc) is 3.10. The summed E-state index contributed by atoms with van der Waals surface area (Å²) in [7, 11) is 0. The van der Waals surface area contributed by atoms with Crippen molar-refractivity contribution in [3.63, 3.8) is 0 Å². The van der Waals surface area contributed by atoms with E-state index in [9.17, 15) is 9.59 Å². The Morgan fingerprint density at radius 3 is 2.65 bits per heavy atom. The summed E-state index contributed by atoms with van der Waals surface area (Å²) in [5.74, 6) is -0.494. The third kappa shape index (κ3) is 3.92. The van der Waals surface area contributed by atoms with Gasteiger partial charge in [0.2, 0.25) is 0 Å².